The van der Waals surface area contributed by atoms with Gasteiger partial charge in [0, 0.05) is 27.7 Å². The lowest BCUT2D eigenvalue weighted by Gasteiger charge is -2.13. The molecule has 1 amide bonds. The molecule has 13 heavy (non-hydrogen) atoms. The van der Waals surface area contributed by atoms with Gasteiger partial charge in [0.25, 0.3) is 0 Å². The van der Waals surface area contributed by atoms with Crippen molar-refractivity contribution in [1.29, 1.82) is 0 Å². The van der Waals surface area contributed by atoms with Crippen molar-refractivity contribution in [3.63, 3.8) is 0 Å². The molecule has 0 aliphatic carbocycles. The molecule has 1 unspecified atom stereocenters. The normalized spacial score (nSPS) is 12.6. The fourth-order valence-corrected chi connectivity index (χ4v) is 0.755. The highest BCUT2D eigenvalue weighted by atomic mass is 16.5. The van der Waals surface area contributed by atoms with Crippen LogP contribution in [0, 0.1) is 0 Å². The van der Waals surface area contributed by atoms with Crippen LogP contribution in [0.4, 0.5) is 0 Å². The summed E-state index contributed by atoms with van der Waals surface area (Å²) in [6.07, 6.45) is -0.556. The van der Waals surface area contributed by atoms with E-state index in [4.69, 9.17) is 4.74 Å². The van der Waals surface area contributed by atoms with Gasteiger partial charge in [0.1, 0.15) is 0 Å². The molecule has 5 nitrogen and oxygen atoms in total. The first-order valence-corrected chi connectivity index (χ1v) is 4.15. The van der Waals surface area contributed by atoms with Gasteiger partial charge in [-0.25, -0.2) is 0 Å². The van der Waals surface area contributed by atoms with Crippen molar-refractivity contribution in [3.05, 3.63) is 0 Å². The Morgan fingerprint density at radius 3 is 2.69 bits per heavy atom. The lowest BCUT2D eigenvalue weighted by atomic mass is 10.4. The number of likely N-dealkylation sites (N-methyl/N-ethyl adjacent to an activating group) is 1. The quantitative estimate of drug-likeness (QED) is 0.545. The van der Waals surface area contributed by atoms with Gasteiger partial charge in [0.2, 0.25) is 5.91 Å². The van der Waals surface area contributed by atoms with E-state index in [0.29, 0.717) is 6.54 Å². The first kappa shape index (κ1) is 12.3. The van der Waals surface area contributed by atoms with Gasteiger partial charge in [-0.3, -0.25) is 4.79 Å². The lowest BCUT2D eigenvalue weighted by Crippen LogP contribution is -2.37. The molecule has 0 aromatic carbocycles. The molecule has 0 fully saturated rings. The van der Waals surface area contributed by atoms with E-state index in [1.54, 1.807) is 14.1 Å². The van der Waals surface area contributed by atoms with Crippen LogP contribution in [-0.4, -0.2) is 62.9 Å². The van der Waals surface area contributed by atoms with E-state index in [-0.39, 0.29) is 19.1 Å². The van der Waals surface area contributed by atoms with Gasteiger partial charge in [-0.2, -0.15) is 0 Å². The molecule has 0 saturated carbocycles. The van der Waals surface area contributed by atoms with Crippen LogP contribution in [-0.2, 0) is 9.53 Å². The second-order valence-electron chi connectivity index (χ2n) is 3.03. The van der Waals surface area contributed by atoms with E-state index in [0.717, 1.165) is 0 Å². The highest BCUT2D eigenvalue weighted by molar-refractivity contribution is 5.77. The molecule has 0 heterocycles. The van der Waals surface area contributed by atoms with E-state index >= 15 is 0 Å². The van der Waals surface area contributed by atoms with E-state index in [1.165, 1.54) is 12.0 Å². The summed E-state index contributed by atoms with van der Waals surface area (Å²) in [5.74, 6) is -0.00961. The minimum absolute atomic E-state index is 0.00961. The van der Waals surface area contributed by atoms with Gasteiger partial charge >= 0.3 is 0 Å². The minimum Gasteiger partial charge on any atom is -0.389 e. The summed E-state index contributed by atoms with van der Waals surface area (Å²) in [6.45, 7) is 0.893. The lowest BCUT2D eigenvalue weighted by molar-refractivity contribution is -0.127. The van der Waals surface area contributed by atoms with E-state index in [2.05, 4.69) is 5.32 Å². The zero-order chi connectivity index (χ0) is 10.3. The van der Waals surface area contributed by atoms with Crippen LogP contribution >= 0.6 is 0 Å². The van der Waals surface area contributed by atoms with E-state index < -0.39 is 6.10 Å². The standard InChI is InChI=1S/C8H18N2O3/c1-10(2)8(12)5-9-4-7(11)6-13-3/h7,9,11H,4-6H2,1-3H3. The predicted molar refractivity (Wildman–Crippen MR) is 49.4 cm³/mol. The molecule has 0 aromatic rings. The second kappa shape index (κ2) is 6.82. The van der Waals surface area contributed by atoms with Gasteiger partial charge in [-0.05, 0) is 0 Å². The summed E-state index contributed by atoms with van der Waals surface area (Å²) in [7, 11) is 4.90. The number of aliphatic hydroxyl groups excluding tert-OH is 1. The van der Waals surface area contributed by atoms with Crippen LogP contribution in [0.25, 0.3) is 0 Å². The average molecular weight is 190 g/mol. The van der Waals surface area contributed by atoms with Crippen molar-refractivity contribution in [2.24, 2.45) is 0 Å². The largest absolute Gasteiger partial charge is 0.389 e. The second-order valence-corrected chi connectivity index (χ2v) is 3.03. The first-order valence-electron chi connectivity index (χ1n) is 4.15. The summed E-state index contributed by atoms with van der Waals surface area (Å²) in [4.78, 5) is 12.5. The number of carbonyl (C=O) groups is 1. The molecule has 2 N–H and O–H groups in total. The number of hydrogen-bond acceptors (Lipinski definition) is 4. The summed E-state index contributed by atoms with van der Waals surface area (Å²) in [5, 5.41) is 12.0. The molecule has 0 aliphatic rings. The Balaban J connectivity index is 3.39. The molecule has 0 saturated heterocycles. The molecule has 0 aromatic heterocycles. The fraction of sp³-hybridized carbons (Fsp3) is 0.875. The van der Waals surface area contributed by atoms with Crippen LogP contribution in [0.1, 0.15) is 0 Å². The Hall–Kier alpha value is -0.650. The molecule has 0 aliphatic heterocycles. The summed E-state index contributed by atoms with van der Waals surface area (Å²) >= 11 is 0. The van der Waals surface area contributed by atoms with Crippen LogP contribution < -0.4 is 5.32 Å². The highest BCUT2D eigenvalue weighted by Gasteiger charge is 2.05. The Morgan fingerprint density at radius 2 is 2.23 bits per heavy atom. The molecule has 0 spiro atoms. The van der Waals surface area contributed by atoms with E-state index in [1.807, 2.05) is 0 Å². The summed E-state index contributed by atoms with van der Waals surface area (Å²) < 4.78 is 4.72. The Bertz CT molecular complexity index is 150. The van der Waals surface area contributed by atoms with Gasteiger partial charge in [0.05, 0.1) is 19.3 Å². The number of aliphatic hydroxyl groups is 1. The average Bonchev–Trinajstić information content (AvgIpc) is 2.04. The number of amides is 1. The third-order valence-corrected chi connectivity index (χ3v) is 1.51. The number of hydrogen-bond donors (Lipinski definition) is 2. The molecular formula is C8H18N2O3. The van der Waals surface area contributed by atoms with Gasteiger partial charge in [-0.15, -0.1) is 0 Å². The molecule has 0 bridgehead atoms. The third-order valence-electron chi connectivity index (χ3n) is 1.51. The van der Waals surface area contributed by atoms with Crippen molar-refractivity contribution < 1.29 is 14.6 Å². The van der Waals surface area contributed by atoms with Crippen molar-refractivity contribution in [3.8, 4) is 0 Å². The number of nitrogens with zero attached hydrogens (tertiary/aromatic N) is 1. The molecule has 1 atom stereocenters. The SMILES string of the molecule is COCC(O)CNCC(=O)N(C)C. The van der Waals surface area contributed by atoms with Crippen molar-refractivity contribution in [2.45, 2.75) is 6.10 Å². The minimum atomic E-state index is -0.556. The topological polar surface area (TPSA) is 61.8 Å². The third kappa shape index (κ3) is 6.51. The number of rotatable bonds is 6. The van der Waals surface area contributed by atoms with Crippen LogP contribution in [0.15, 0.2) is 0 Å². The number of ether oxygens (including phenoxy) is 1. The molecule has 0 radical (unpaired) electrons. The molecular weight excluding hydrogens is 172 g/mol. The van der Waals surface area contributed by atoms with Crippen LogP contribution in [0.5, 0.6) is 0 Å². The number of nitrogens with one attached hydrogen (secondary N) is 1. The molecule has 78 valence electrons. The zero-order valence-corrected chi connectivity index (χ0v) is 8.41. The molecule has 5 heteroatoms. The van der Waals surface area contributed by atoms with Crippen molar-refractivity contribution in [2.75, 3.05) is 40.9 Å². The van der Waals surface area contributed by atoms with E-state index in [9.17, 15) is 9.90 Å². The summed E-state index contributed by atoms with van der Waals surface area (Å²) in [6, 6.07) is 0. The van der Waals surface area contributed by atoms with Gasteiger partial charge in [0.15, 0.2) is 0 Å². The van der Waals surface area contributed by atoms with Crippen LogP contribution in [0.3, 0.4) is 0 Å². The Kier molecular flexibility index (Phi) is 6.48. The zero-order valence-electron chi connectivity index (χ0n) is 8.41. The maximum Gasteiger partial charge on any atom is 0.236 e. The van der Waals surface area contributed by atoms with Crippen molar-refractivity contribution in [1.82, 2.24) is 10.2 Å². The maximum absolute atomic E-state index is 11.0. The molecule has 0 rings (SSSR count). The maximum atomic E-state index is 11.0. The van der Waals surface area contributed by atoms with Crippen molar-refractivity contribution >= 4 is 5.91 Å². The Labute approximate surface area is 78.7 Å². The summed E-state index contributed by atoms with van der Waals surface area (Å²) in [5.41, 5.74) is 0. The smallest absolute Gasteiger partial charge is 0.236 e. The fourth-order valence-electron chi connectivity index (χ4n) is 0.755. The first-order chi connectivity index (χ1) is 6.07. The highest BCUT2D eigenvalue weighted by Crippen LogP contribution is 1.81. The predicted octanol–water partition coefficient (Wildman–Crippen LogP) is -1.33. The Morgan fingerprint density at radius 1 is 1.62 bits per heavy atom. The number of methoxy groups -OCH3 is 1. The monoisotopic (exact) mass is 190 g/mol. The van der Waals surface area contributed by atoms with Gasteiger partial charge in [-0.1, -0.05) is 0 Å². The number of carbonyl (C=O) groups excluding carboxylic acids is 1. The van der Waals surface area contributed by atoms with Gasteiger partial charge < -0.3 is 20.1 Å². The van der Waals surface area contributed by atoms with Crippen LogP contribution in [0.2, 0.25) is 0 Å².